The summed E-state index contributed by atoms with van der Waals surface area (Å²) in [6.07, 6.45) is 0.727. The van der Waals surface area contributed by atoms with Crippen LogP contribution in [0.1, 0.15) is 42.5 Å². The summed E-state index contributed by atoms with van der Waals surface area (Å²) in [5.41, 5.74) is 5.51. The first-order chi connectivity index (χ1) is 14.3. The van der Waals surface area contributed by atoms with Gasteiger partial charge in [0.1, 0.15) is 5.70 Å². The van der Waals surface area contributed by atoms with Crippen LogP contribution < -0.4 is 5.32 Å². The average molecular weight is 407 g/mol. The Morgan fingerprint density at radius 3 is 2.37 bits per heavy atom. The molecule has 0 saturated heterocycles. The van der Waals surface area contributed by atoms with E-state index in [0.29, 0.717) is 30.8 Å². The highest BCUT2D eigenvalue weighted by Crippen LogP contribution is 2.32. The standard InChI is InChI=1S/C25H30N2O3/c1-16(2)30-13-7-12-27-24(28)22(21-11-10-18(4)14-19(21)5)23(25(27)29)26-20-9-6-8-17(3)15-20/h6,8-11,14-16,26H,7,12-13H2,1-5H3. The van der Waals surface area contributed by atoms with Gasteiger partial charge < -0.3 is 10.1 Å². The first kappa shape index (κ1) is 21.8. The minimum atomic E-state index is -0.291. The van der Waals surface area contributed by atoms with Gasteiger partial charge >= 0.3 is 0 Å². The number of carbonyl (C=O) groups excluding carboxylic acids is 2. The van der Waals surface area contributed by atoms with E-state index in [1.807, 2.05) is 77.1 Å². The summed E-state index contributed by atoms with van der Waals surface area (Å²) in [5, 5.41) is 3.23. The van der Waals surface area contributed by atoms with Crippen molar-refractivity contribution in [2.24, 2.45) is 0 Å². The third-order valence-electron chi connectivity index (χ3n) is 5.08. The Bertz CT molecular complexity index is 992. The number of amides is 2. The number of hydrogen-bond acceptors (Lipinski definition) is 4. The van der Waals surface area contributed by atoms with Crippen molar-refractivity contribution in [1.82, 2.24) is 4.90 Å². The Balaban J connectivity index is 1.95. The molecule has 30 heavy (non-hydrogen) atoms. The number of benzene rings is 2. The van der Waals surface area contributed by atoms with Crippen LogP contribution in [0.3, 0.4) is 0 Å². The monoisotopic (exact) mass is 406 g/mol. The van der Waals surface area contributed by atoms with Gasteiger partial charge in [0.15, 0.2) is 0 Å². The number of rotatable bonds is 8. The van der Waals surface area contributed by atoms with Gasteiger partial charge in [0, 0.05) is 18.8 Å². The normalized spacial score (nSPS) is 14.3. The number of anilines is 1. The molecule has 0 unspecified atom stereocenters. The molecule has 1 N–H and O–H groups in total. The fourth-order valence-corrected chi connectivity index (χ4v) is 3.65. The molecule has 2 aromatic rings. The van der Waals surface area contributed by atoms with Crippen molar-refractivity contribution in [3.63, 3.8) is 0 Å². The molecule has 5 heteroatoms. The van der Waals surface area contributed by atoms with E-state index in [-0.39, 0.29) is 17.9 Å². The van der Waals surface area contributed by atoms with Crippen molar-refractivity contribution in [3.8, 4) is 0 Å². The number of hydrogen-bond donors (Lipinski definition) is 1. The molecule has 0 atom stereocenters. The van der Waals surface area contributed by atoms with Gasteiger partial charge in [0.25, 0.3) is 11.8 Å². The Labute approximate surface area is 178 Å². The van der Waals surface area contributed by atoms with Gasteiger partial charge in [-0.05, 0) is 69.9 Å². The van der Waals surface area contributed by atoms with Gasteiger partial charge in [0.2, 0.25) is 0 Å². The minimum Gasteiger partial charge on any atom is -0.379 e. The number of carbonyl (C=O) groups is 2. The Morgan fingerprint density at radius 2 is 1.70 bits per heavy atom. The fraction of sp³-hybridized carbons (Fsp3) is 0.360. The molecule has 0 aromatic heterocycles. The van der Waals surface area contributed by atoms with Crippen molar-refractivity contribution in [2.75, 3.05) is 18.5 Å². The van der Waals surface area contributed by atoms with Crippen molar-refractivity contribution in [3.05, 3.63) is 70.4 Å². The number of nitrogens with one attached hydrogen (secondary N) is 1. The van der Waals surface area contributed by atoms with Gasteiger partial charge in [-0.2, -0.15) is 0 Å². The molecule has 1 aliphatic heterocycles. The maximum atomic E-state index is 13.3. The van der Waals surface area contributed by atoms with Crippen LogP contribution in [0.25, 0.3) is 5.57 Å². The summed E-state index contributed by atoms with van der Waals surface area (Å²) in [5.74, 6) is -0.548. The predicted molar refractivity (Wildman–Crippen MR) is 120 cm³/mol. The van der Waals surface area contributed by atoms with Gasteiger partial charge in [-0.25, -0.2) is 0 Å². The number of ether oxygens (including phenoxy) is 1. The molecule has 1 heterocycles. The summed E-state index contributed by atoms with van der Waals surface area (Å²) in [6, 6.07) is 13.7. The molecule has 158 valence electrons. The van der Waals surface area contributed by atoms with Crippen molar-refractivity contribution in [2.45, 2.75) is 47.1 Å². The molecule has 0 radical (unpaired) electrons. The highest BCUT2D eigenvalue weighted by atomic mass is 16.5. The molecule has 0 aliphatic carbocycles. The Kier molecular flexibility index (Phi) is 6.73. The van der Waals surface area contributed by atoms with E-state index in [0.717, 1.165) is 27.9 Å². The maximum absolute atomic E-state index is 13.3. The van der Waals surface area contributed by atoms with E-state index in [4.69, 9.17) is 4.74 Å². The van der Waals surface area contributed by atoms with Crippen molar-refractivity contribution in [1.29, 1.82) is 0 Å². The Morgan fingerprint density at radius 1 is 0.967 bits per heavy atom. The predicted octanol–water partition coefficient (Wildman–Crippen LogP) is 4.62. The van der Waals surface area contributed by atoms with Crippen LogP contribution in [0.4, 0.5) is 5.69 Å². The zero-order valence-corrected chi connectivity index (χ0v) is 18.4. The van der Waals surface area contributed by atoms with Crippen LogP contribution in [0.5, 0.6) is 0 Å². The zero-order chi connectivity index (χ0) is 21.8. The summed E-state index contributed by atoms with van der Waals surface area (Å²) in [7, 11) is 0. The van der Waals surface area contributed by atoms with Crippen molar-refractivity contribution < 1.29 is 14.3 Å². The van der Waals surface area contributed by atoms with Crippen LogP contribution >= 0.6 is 0 Å². The molecule has 2 amide bonds. The highest BCUT2D eigenvalue weighted by Gasteiger charge is 2.39. The molecular formula is C25H30N2O3. The molecule has 0 spiro atoms. The second-order valence-corrected chi connectivity index (χ2v) is 8.10. The number of imide groups is 1. The minimum absolute atomic E-state index is 0.123. The number of nitrogens with zero attached hydrogens (tertiary/aromatic N) is 1. The van der Waals surface area contributed by atoms with Crippen LogP contribution in [0.2, 0.25) is 0 Å². The largest absolute Gasteiger partial charge is 0.379 e. The number of aryl methyl sites for hydroxylation is 3. The van der Waals surface area contributed by atoms with E-state index in [9.17, 15) is 9.59 Å². The lowest BCUT2D eigenvalue weighted by Crippen LogP contribution is -2.34. The third kappa shape index (κ3) is 4.79. The van der Waals surface area contributed by atoms with E-state index in [1.165, 1.54) is 4.90 Å². The van der Waals surface area contributed by atoms with Crippen LogP contribution in [0, 0.1) is 20.8 Å². The summed E-state index contributed by atoms with van der Waals surface area (Å²) in [6.45, 7) is 10.8. The van der Waals surface area contributed by atoms with Crippen LogP contribution in [0.15, 0.2) is 48.2 Å². The van der Waals surface area contributed by atoms with E-state index < -0.39 is 0 Å². The lowest BCUT2D eigenvalue weighted by Gasteiger charge is -2.16. The molecule has 1 aliphatic rings. The van der Waals surface area contributed by atoms with Crippen LogP contribution in [-0.4, -0.2) is 36.0 Å². The third-order valence-corrected chi connectivity index (χ3v) is 5.08. The summed E-state index contributed by atoms with van der Waals surface area (Å²) in [4.78, 5) is 27.9. The molecular weight excluding hydrogens is 376 g/mol. The van der Waals surface area contributed by atoms with E-state index >= 15 is 0 Å². The second-order valence-electron chi connectivity index (χ2n) is 8.10. The van der Waals surface area contributed by atoms with Crippen LogP contribution in [-0.2, 0) is 14.3 Å². The molecule has 3 rings (SSSR count). The zero-order valence-electron chi connectivity index (χ0n) is 18.4. The van der Waals surface area contributed by atoms with E-state index in [2.05, 4.69) is 5.32 Å². The SMILES string of the molecule is Cc1cccc(NC2=C(c3ccc(C)cc3C)C(=O)N(CCCOC(C)C)C2=O)c1. The summed E-state index contributed by atoms with van der Waals surface area (Å²) >= 11 is 0. The fourth-order valence-electron chi connectivity index (χ4n) is 3.65. The lowest BCUT2D eigenvalue weighted by atomic mass is 9.97. The van der Waals surface area contributed by atoms with E-state index in [1.54, 1.807) is 0 Å². The van der Waals surface area contributed by atoms with Gasteiger partial charge in [-0.15, -0.1) is 0 Å². The average Bonchev–Trinajstić information content (AvgIpc) is 2.89. The second kappa shape index (κ2) is 9.26. The lowest BCUT2D eigenvalue weighted by molar-refractivity contribution is -0.137. The van der Waals surface area contributed by atoms with Gasteiger partial charge in [0.05, 0.1) is 11.7 Å². The van der Waals surface area contributed by atoms with Gasteiger partial charge in [-0.1, -0.05) is 35.9 Å². The summed E-state index contributed by atoms with van der Waals surface area (Å²) < 4.78 is 5.57. The molecule has 5 nitrogen and oxygen atoms in total. The Hall–Kier alpha value is -2.92. The highest BCUT2D eigenvalue weighted by molar-refractivity contribution is 6.36. The molecule has 0 fully saturated rings. The first-order valence-electron chi connectivity index (χ1n) is 10.4. The molecule has 2 aromatic carbocycles. The topological polar surface area (TPSA) is 58.6 Å². The maximum Gasteiger partial charge on any atom is 0.278 e. The molecule has 0 saturated carbocycles. The quantitative estimate of drug-likeness (QED) is 0.513. The first-order valence-corrected chi connectivity index (χ1v) is 10.4. The van der Waals surface area contributed by atoms with Crippen molar-refractivity contribution >= 4 is 23.1 Å². The van der Waals surface area contributed by atoms with Gasteiger partial charge in [-0.3, -0.25) is 14.5 Å². The molecule has 0 bridgehead atoms. The smallest absolute Gasteiger partial charge is 0.278 e.